The Morgan fingerprint density at radius 3 is 2.71 bits per heavy atom. The lowest BCUT2D eigenvalue weighted by atomic mass is 9.79. The van der Waals surface area contributed by atoms with E-state index in [9.17, 15) is 5.11 Å². The van der Waals surface area contributed by atoms with Gasteiger partial charge in [-0.3, -0.25) is 9.88 Å². The summed E-state index contributed by atoms with van der Waals surface area (Å²) in [6.07, 6.45) is 6.85. The third-order valence-corrected chi connectivity index (χ3v) is 4.09. The van der Waals surface area contributed by atoms with Crippen molar-refractivity contribution in [3.05, 3.63) is 30.1 Å². The Hall–Kier alpha value is -0.640. The molecule has 1 N–H and O–H groups in total. The van der Waals surface area contributed by atoms with Crippen molar-refractivity contribution >= 4 is 12.4 Å². The minimum Gasteiger partial charge on any atom is -0.391 e. The number of fused-ring (bicyclic) bond motifs is 3. The maximum atomic E-state index is 10.3. The molecule has 3 fully saturated rings. The molecule has 0 unspecified atom stereocenters. The van der Waals surface area contributed by atoms with Gasteiger partial charge in [-0.1, -0.05) is 6.07 Å². The van der Waals surface area contributed by atoms with Gasteiger partial charge in [0.05, 0.1) is 6.10 Å². The molecule has 4 rings (SSSR count). The van der Waals surface area contributed by atoms with Gasteiger partial charge in [0.2, 0.25) is 0 Å². The SMILES string of the molecule is Cl.O[C@@H]1C2CCN(CC2)[C@H]1Cc1cccnc1. The van der Waals surface area contributed by atoms with Crippen LogP contribution in [0.4, 0.5) is 0 Å². The van der Waals surface area contributed by atoms with Crippen LogP contribution in [0, 0.1) is 5.92 Å². The first-order valence-electron chi connectivity index (χ1n) is 6.15. The van der Waals surface area contributed by atoms with E-state index in [-0.39, 0.29) is 18.5 Å². The summed E-state index contributed by atoms with van der Waals surface area (Å²) in [7, 11) is 0. The van der Waals surface area contributed by atoms with Crippen LogP contribution in [0.2, 0.25) is 0 Å². The fraction of sp³-hybridized carbons (Fsp3) is 0.615. The zero-order valence-electron chi connectivity index (χ0n) is 9.83. The first-order valence-corrected chi connectivity index (χ1v) is 6.15. The number of piperidine rings is 3. The first kappa shape index (κ1) is 12.8. The van der Waals surface area contributed by atoms with E-state index in [2.05, 4.69) is 16.0 Å². The first-order chi connectivity index (χ1) is 7.84. The molecule has 0 spiro atoms. The fourth-order valence-electron chi connectivity index (χ4n) is 3.13. The quantitative estimate of drug-likeness (QED) is 0.869. The Balaban J connectivity index is 0.00000108. The second-order valence-electron chi connectivity index (χ2n) is 5.00. The molecule has 3 aliphatic heterocycles. The Morgan fingerprint density at radius 1 is 1.35 bits per heavy atom. The van der Waals surface area contributed by atoms with Gasteiger partial charge in [-0.05, 0) is 49.9 Å². The average Bonchev–Trinajstić information content (AvgIpc) is 2.36. The molecular formula is C13H19ClN2O. The molecule has 3 saturated heterocycles. The molecule has 1 aromatic rings. The van der Waals surface area contributed by atoms with Crippen LogP contribution < -0.4 is 0 Å². The van der Waals surface area contributed by atoms with Gasteiger partial charge in [-0.2, -0.15) is 0 Å². The molecule has 2 bridgehead atoms. The Kier molecular flexibility index (Phi) is 4.02. The van der Waals surface area contributed by atoms with E-state index in [0.29, 0.717) is 12.0 Å². The molecule has 94 valence electrons. The van der Waals surface area contributed by atoms with Crippen LogP contribution in [-0.2, 0) is 6.42 Å². The molecule has 0 radical (unpaired) electrons. The second kappa shape index (κ2) is 5.34. The molecule has 4 heteroatoms. The smallest absolute Gasteiger partial charge is 0.0727 e. The molecular weight excluding hydrogens is 236 g/mol. The normalized spacial score (nSPS) is 35.4. The standard InChI is InChI=1S/C13H18N2O.ClH/c16-13-11-3-6-15(7-4-11)12(13)8-10-2-1-5-14-9-10;/h1-2,5,9,11-13,16H,3-4,6-8H2;1H/t12-,13+;/m0./s1. The van der Waals surface area contributed by atoms with Crippen molar-refractivity contribution in [1.82, 2.24) is 9.88 Å². The Morgan fingerprint density at radius 2 is 2.12 bits per heavy atom. The minimum absolute atomic E-state index is 0. The lowest BCUT2D eigenvalue weighted by molar-refractivity contribution is -0.0715. The lowest BCUT2D eigenvalue weighted by Gasteiger charge is -2.49. The van der Waals surface area contributed by atoms with Crippen molar-refractivity contribution in [3.63, 3.8) is 0 Å². The van der Waals surface area contributed by atoms with Gasteiger partial charge in [0.1, 0.15) is 0 Å². The molecule has 0 aliphatic carbocycles. The summed E-state index contributed by atoms with van der Waals surface area (Å²) in [6, 6.07) is 4.39. The van der Waals surface area contributed by atoms with Crippen LogP contribution in [0.5, 0.6) is 0 Å². The number of nitrogens with zero attached hydrogens (tertiary/aromatic N) is 2. The summed E-state index contributed by atoms with van der Waals surface area (Å²) in [5.74, 6) is 0.534. The van der Waals surface area contributed by atoms with Crippen molar-refractivity contribution < 1.29 is 5.11 Å². The number of aromatic nitrogens is 1. The Bertz CT molecular complexity index is 350. The lowest BCUT2D eigenvalue weighted by Crippen LogP contribution is -2.58. The van der Waals surface area contributed by atoms with Gasteiger partial charge in [0, 0.05) is 18.4 Å². The molecule has 3 aliphatic rings. The van der Waals surface area contributed by atoms with Crippen molar-refractivity contribution in [2.45, 2.75) is 31.4 Å². The molecule has 2 atom stereocenters. The van der Waals surface area contributed by atoms with Crippen molar-refractivity contribution in [2.24, 2.45) is 5.92 Å². The zero-order chi connectivity index (χ0) is 11.0. The highest BCUT2D eigenvalue weighted by Crippen LogP contribution is 2.33. The van der Waals surface area contributed by atoms with Crippen LogP contribution in [0.3, 0.4) is 0 Å². The van der Waals surface area contributed by atoms with Gasteiger partial charge >= 0.3 is 0 Å². The molecule has 17 heavy (non-hydrogen) atoms. The summed E-state index contributed by atoms with van der Waals surface area (Å²) in [5, 5.41) is 10.3. The highest BCUT2D eigenvalue weighted by molar-refractivity contribution is 5.85. The summed E-state index contributed by atoms with van der Waals surface area (Å²) in [6.45, 7) is 2.32. The van der Waals surface area contributed by atoms with Gasteiger partial charge in [-0.25, -0.2) is 0 Å². The number of pyridine rings is 1. The van der Waals surface area contributed by atoms with Crippen LogP contribution in [-0.4, -0.2) is 40.2 Å². The highest BCUT2D eigenvalue weighted by atomic mass is 35.5. The number of halogens is 1. The largest absolute Gasteiger partial charge is 0.391 e. The fourth-order valence-corrected chi connectivity index (χ4v) is 3.13. The predicted octanol–water partition coefficient (Wildman–Crippen LogP) is 1.50. The van der Waals surface area contributed by atoms with Crippen molar-refractivity contribution in [1.29, 1.82) is 0 Å². The maximum Gasteiger partial charge on any atom is 0.0727 e. The summed E-state index contributed by atoms with van der Waals surface area (Å²) in [4.78, 5) is 6.58. The molecule has 0 amide bonds. The van der Waals surface area contributed by atoms with Gasteiger partial charge in [-0.15, -0.1) is 12.4 Å². The summed E-state index contributed by atoms with van der Waals surface area (Å²) >= 11 is 0. The Labute approximate surface area is 108 Å². The van der Waals surface area contributed by atoms with Crippen LogP contribution in [0.1, 0.15) is 18.4 Å². The molecule has 0 saturated carbocycles. The van der Waals surface area contributed by atoms with Crippen LogP contribution in [0.15, 0.2) is 24.5 Å². The topological polar surface area (TPSA) is 36.4 Å². The van der Waals surface area contributed by atoms with E-state index in [1.54, 1.807) is 6.20 Å². The monoisotopic (exact) mass is 254 g/mol. The number of hydrogen-bond acceptors (Lipinski definition) is 3. The van der Waals surface area contributed by atoms with Gasteiger partial charge in [0.25, 0.3) is 0 Å². The molecule has 1 aromatic heterocycles. The number of aliphatic hydroxyl groups is 1. The van der Waals surface area contributed by atoms with Crippen LogP contribution in [0.25, 0.3) is 0 Å². The third kappa shape index (κ3) is 2.46. The van der Waals surface area contributed by atoms with Crippen molar-refractivity contribution in [3.8, 4) is 0 Å². The van der Waals surface area contributed by atoms with E-state index >= 15 is 0 Å². The second-order valence-corrected chi connectivity index (χ2v) is 5.00. The predicted molar refractivity (Wildman–Crippen MR) is 69.3 cm³/mol. The van der Waals surface area contributed by atoms with E-state index in [1.165, 1.54) is 18.4 Å². The van der Waals surface area contributed by atoms with Crippen molar-refractivity contribution in [2.75, 3.05) is 13.1 Å². The van der Waals surface area contributed by atoms with Gasteiger partial charge in [0.15, 0.2) is 0 Å². The van der Waals surface area contributed by atoms with Gasteiger partial charge < -0.3 is 5.11 Å². The highest BCUT2D eigenvalue weighted by Gasteiger charge is 2.40. The summed E-state index contributed by atoms with van der Waals surface area (Å²) < 4.78 is 0. The molecule has 4 heterocycles. The summed E-state index contributed by atoms with van der Waals surface area (Å²) in [5.41, 5.74) is 1.24. The number of aliphatic hydroxyl groups excluding tert-OH is 1. The zero-order valence-corrected chi connectivity index (χ0v) is 10.6. The molecule has 0 aromatic carbocycles. The maximum absolute atomic E-state index is 10.3. The number of hydrogen-bond donors (Lipinski definition) is 1. The van der Waals surface area contributed by atoms with E-state index in [0.717, 1.165) is 19.5 Å². The number of rotatable bonds is 2. The van der Waals surface area contributed by atoms with Crippen LogP contribution >= 0.6 is 12.4 Å². The minimum atomic E-state index is -0.136. The third-order valence-electron chi connectivity index (χ3n) is 4.09. The van der Waals surface area contributed by atoms with E-state index in [1.807, 2.05) is 12.3 Å². The van der Waals surface area contributed by atoms with E-state index < -0.39 is 0 Å². The average molecular weight is 255 g/mol. The van der Waals surface area contributed by atoms with E-state index in [4.69, 9.17) is 0 Å². The molecule has 3 nitrogen and oxygen atoms in total.